The zero-order valence-corrected chi connectivity index (χ0v) is 15.6. The first-order chi connectivity index (χ1) is 13.1. The number of rotatable bonds is 6. The second-order valence-electron chi connectivity index (χ2n) is 6.34. The van der Waals surface area contributed by atoms with Gasteiger partial charge in [-0.05, 0) is 24.3 Å². The molecule has 1 saturated heterocycles. The summed E-state index contributed by atoms with van der Waals surface area (Å²) in [7, 11) is -3.70. The summed E-state index contributed by atoms with van der Waals surface area (Å²) in [6.45, 7) is 3.74. The monoisotopic (exact) mass is 394 g/mol. The molecule has 0 unspecified atom stereocenters. The van der Waals surface area contributed by atoms with Crippen LogP contribution < -0.4 is 14.2 Å². The summed E-state index contributed by atoms with van der Waals surface area (Å²) in [4.78, 5) is 2.31. The van der Waals surface area contributed by atoms with Gasteiger partial charge >= 0.3 is 0 Å². The number of hydrogen-bond donors (Lipinski definition) is 1. The highest BCUT2D eigenvalue weighted by molar-refractivity contribution is 7.89. The predicted octanol–water partition coefficient (Wildman–Crippen LogP) is 1.40. The summed E-state index contributed by atoms with van der Waals surface area (Å²) in [5, 5.41) is 0. The maximum atomic E-state index is 12.8. The van der Waals surface area contributed by atoms with E-state index in [9.17, 15) is 8.42 Å². The first kappa shape index (κ1) is 18.3. The fraction of sp³-hybridized carbons (Fsp3) is 0.444. The summed E-state index contributed by atoms with van der Waals surface area (Å²) in [6.07, 6.45) is 1.60. The van der Waals surface area contributed by atoms with Crippen molar-refractivity contribution in [1.29, 1.82) is 0 Å². The van der Waals surface area contributed by atoms with Crippen LogP contribution in [0, 0.1) is 0 Å². The lowest BCUT2D eigenvalue weighted by molar-refractivity contribution is 0.0128. The van der Waals surface area contributed by atoms with Gasteiger partial charge in [-0.1, -0.05) is 0 Å². The topological polar surface area (TPSA) is 90.2 Å². The molecule has 2 aliphatic rings. The van der Waals surface area contributed by atoms with Crippen LogP contribution in [0.25, 0.3) is 0 Å². The maximum Gasteiger partial charge on any atom is 0.240 e. The Morgan fingerprint density at radius 1 is 1.04 bits per heavy atom. The predicted molar refractivity (Wildman–Crippen MR) is 96.5 cm³/mol. The van der Waals surface area contributed by atoms with Crippen molar-refractivity contribution in [3.63, 3.8) is 0 Å². The summed E-state index contributed by atoms with van der Waals surface area (Å²) >= 11 is 0. The van der Waals surface area contributed by atoms with Gasteiger partial charge in [-0.2, -0.15) is 0 Å². The van der Waals surface area contributed by atoms with Gasteiger partial charge in [0.25, 0.3) is 0 Å². The molecule has 146 valence electrons. The van der Waals surface area contributed by atoms with Crippen LogP contribution in [-0.2, 0) is 14.8 Å². The summed E-state index contributed by atoms with van der Waals surface area (Å²) in [6, 6.07) is 8.10. The third kappa shape index (κ3) is 4.11. The van der Waals surface area contributed by atoms with Crippen molar-refractivity contribution in [2.24, 2.45) is 0 Å². The molecule has 1 aromatic heterocycles. The Balaban J connectivity index is 1.51. The lowest BCUT2D eigenvalue weighted by Gasteiger charge is -2.33. The van der Waals surface area contributed by atoms with Crippen molar-refractivity contribution in [1.82, 2.24) is 9.62 Å². The number of benzene rings is 1. The lowest BCUT2D eigenvalue weighted by Crippen LogP contribution is -2.43. The van der Waals surface area contributed by atoms with Crippen LogP contribution >= 0.6 is 0 Å². The number of nitrogens with one attached hydrogen (secondary N) is 1. The number of morpholine rings is 1. The Kier molecular flexibility index (Phi) is 5.35. The molecule has 9 heteroatoms. The molecule has 1 atom stereocenters. The van der Waals surface area contributed by atoms with Crippen molar-refractivity contribution in [3.8, 4) is 11.5 Å². The van der Waals surface area contributed by atoms with E-state index in [0.717, 1.165) is 18.8 Å². The van der Waals surface area contributed by atoms with E-state index in [0.29, 0.717) is 37.9 Å². The van der Waals surface area contributed by atoms with E-state index in [1.54, 1.807) is 18.4 Å². The van der Waals surface area contributed by atoms with Crippen molar-refractivity contribution in [3.05, 3.63) is 42.4 Å². The Labute approximate surface area is 158 Å². The molecule has 27 heavy (non-hydrogen) atoms. The normalized spacial score (nSPS) is 19.0. The van der Waals surface area contributed by atoms with Crippen LogP contribution in [0.2, 0.25) is 0 Å². The minimum atomic E-state index is -3.70. The number of nitrogens with zero attached hydrogens (tertiary/aromatic N) is 1. The molecule has 0 spiro atoms. The molecule has 3 heterocycles. The SMILES string of the molecule is O=S(=O)(NC[C@@H](c1ccco1)N1CCOCC1)c1ccc2c(c1)OCCO2. The van der Waals surface area contributed by atoms with Crippen molar-refractivity contribution < 1.29 is 27.0 Å². The molecule has 8 nitrogen and oxygen atoms in total. The van der Waals surface area contributed by atoms with Gasteiger partial charge < -0.3 is 18.6 Å². The minimum absolute atomic E-state index is 0.145. The lowest BCUT2D eigenvalue weighted by atomic mass is 10.2. The molecule has 1 aromatic carbocycles. The Morgan fingerprint density at radius 3 is 2.56 bits per heavy atom. The first-order valence-electron chi connectivity index (χ1n) is 8.88. The third-order valence-corrected chi connectivity index (χ3v) is 6.07. The second-order valence-corrected chi connectivity index (χ2v) is 8.10. The highest BCUT2D eigenvalue weighted by Crippen LogP contribution is 2.32. The van der Waals surface area contributed by atoms with E-state index in [4.69, 9.17) is 18.6 Å². The van der Waals surface area contributed by atoms with Crippen molar-refractivity contribution in [2.45, 2.75) is 10.9 Å². The third-order valence-electron chi connectivity index (χ3n) is 4.65. The second kappa shape index (κ2) is 7.89. The van der Waals surface area contributed by atoms with Crippen LogP contribution in [0.15, 0.2) is 45.9 Å². The van der Waals surface area contributed by atoms with E-state index in [1.165, 1.54) is 12.1 Å². The Hall–Kier alpha value is -2.07. The van der Waals surface area contributed by atoms with E-state index >= 15 is 0 Å². The number of fused-ring (bicyclic) bond motifs is 1. The molecular formula is C18H22N2O6S. The van der Waals surface area contributed by atoms with Crippen LogP contribution in [-0.4, -0.2) is 59.4 Å². The van der Waals surface area contributed by atoms with Crippen LogP contribution in [0.5, 0.6) is 11.5 Å². The van der Waals surface area contributed by atoms with E-state index in [-0.39, 0.29) is 17.5 Å². The molecule has 0 saturated carbocycles. The molecule has 4 rings (SSSR count). The van der Waals surface area contributed by atoms with E-state index in [2.05, 4.69) is 9.62 Å². The van der Waals surface area contributed by atoms with Gasteiger partial charge in [0.1, 0.15) is 19.0 Å². The van der Waals surface area contributed by atoms with Gasteiger partial charge in [0.05, 0.1) is 30.4 Å². The first-order valence-corrected chi connectivity index (χ1v) is 10.4. The largest absolute Gasteiger partial charge is 0.486 e. The molecule has 1 N–H and O–H groups in total. The summed E-state index contributed by atoms with van der Waals surface area (Å²) in [5.74, 6) is 1.73. The maximum absolute atomic E-state index is 12.8. The quantitative estimate of drug-likeness (QED) is 0.792. The molecule has 0 radical (unpaired) electrons. The fourth-order valence-corrected chi connectivity index (χ4v) is 4.30. The van der Waals surface area contributed by atoms with Gasteiger partial charge in [-0.15, -0.1) is 0 Å². The molecule has 0 bridgehead atoms. The molecule has 2 aromatic rings. The van der Waals surface area contributed by atoms with Gasteiger partial charge in [0.2, 0.25) is 10.0 Å². The standard InChI is InChI=1S/C18H22N2O6S/c21-27(22,14-3-4-17-18(12-14)26-11-10-25-17)19-13-15(16-2-1-7-24-16)20-5-8-23-9-6-20/h1-4,7,12,15,19H,5-6,8-11,13H2/t15-/m0/s1. The highest BCUT2D eigenvalue weighted by Gasteiger charge is 2.27. The Bertz CT molecular complexity index is 862. The summed E-state index contributed by atoms with van der Waals surface area (Å²) < 4.78 is 50.2. The summed E-state index contributed by atoms with van der Waals surface area (Å²) in [5.41, 5.74) is 0. The minimum Gasteiger partial charge on any atom is -0.486 e. The van der Waals surface area contributed by atoms with Gasteiger partial charge in [-0.25, -0.2) is 13.1 Å². The van der Waals surface area contributed by atoms with Gasteiger partial charge in [0, 0.05) is 25.7 Å². The smallest absolute Gasteiger partial charge is 0.240 e. The number of hydrogen-bond acceptors (Lipinski definition) is 7. The van der Waals surface area contributed by atoms with Crippen LogP contribution in [0.4, 0.5) is 0 Å². The molecule has 0 aliphatic carbocycles. The number of ether oxygens (including phenoxy) is 3. The Morgan fingerprint density at radius 2 is 1.81 bits per heavy atom. The highest BCUT2D eigenvalue weighted by atomic mass is 32.2. The average molecular weight is 394 g/mol. The molecule has 0 amide bonds. The van der Waals surface area contributed by atoms with E-state index < -0.39 is 10.0 Å². The van der Waals surface area contributed by atoms with Crippen LogP contribution in [0.1, 0.15) is 11.8 Å². The van der Waals surface area contributed by atoms with Crippen molar-refractivity contribution in [2.75, 3.05) is 46.1 Å². The van der Waals surface area contributed by atoms with Gasteiger partial charge in [0.15, 0.2) is 11.5 Å². The van der Waals surface area contributed by atoms with Gasteiger partial charge in [-0.3, -0.25) is 4.90 Å². The van der Waals surface area contributed by atoms with E-state index in [1.807, 2.05) is 6.07 Å². The average Bonchev–Trinajstić information content (AvgIpc) is 3.23. The van der Waals surface area contributed by atoms with Crippen LogP contribution in [0.3, 0.4) is 0 Å². The molecular weight excluding hydrogens is 372 g/mol. The zero-order valence-electron chi connectivity index (χ0n) is 14.8. The molecule has 2 aliphatic heterocycles. The zero-order chi connectivity index (χ0) is 18.7. The molecule has 1 fully saturated rings. The number of sulfonamides is 1. The van der Waals surface area contributed by atoms with Crippen molar-refractivity contribution >= 4 is 10.0 Å². The fourth-order valence-electron chi connectivity index (χ4n) is 3.24. The number of furan rings is 1.